The maximum absolute atomic E-state index is 5.83. The molecule has 5 nitrogen and oxygen atoms in total. The van der Waals surface area contributed by atoms with Crippen LogP contribution < -0.4 is 5.73 Å². The minimum atomic E-state index is -0.341. The summed E-state index contributed by atoms with van der Waals surface area (Å²) in [5, 5.41) is 6.62. The maximum atomic E-state index is 5.83. The number of methoxy groups -OCH3 is 1. The Morgan fingerprint density at radius 2 is 2.35 bits per heavy atom. The molecule has 0 saturated heterocycles. The molecular weight excluding hydrogens is 238 g/mol. The molecule has 3 rings (SSSR count). The number of aromatic nitrogens is 2. The van der Waals surface area contributed by atoms with Crippen molar-refractivity contribution in [3.63, 3.8) is 0 Å². The Labute approximate surface area is 103 Å². The van der Waals surface area contributed by atoms with Crippen LogP contribution in [0.25, 0.3) is 11.5 Å². The SMILES string of the molecule is COC1(c2noc(-c3ccsc3N)n2)CCC1. The number of hydrogen-bond donors (Lipinski definition) is 1. The van der Waals surface area contributed by atoms with E-state index in [1.54, 1.807) is 7.11 Å². The third-order valence-corrected chi connectivity index (χ3v) is 4.06. The molecule has 1 fully saturated rings. The summed E-state index contributed by atoms with van der Waals surface area (Å²) in [5.41, 5.74) is 6.29. The zero-order valence-corrected chi connectivity index (χ0v) is 10.3. The minimum absolute atomic E-state index is 0.341. The first-order valence-corrected chi connectivity index (χ1v) is 6.36. The van der Waals surface area contributed by atoms with Gasteiger partial charge in [0.15, 0.2) is 0 Å². The topological polar surface area (TPSA) is 74.2 Å². The molecule has 2 aromatic rings. The van der Waals surface area contributed by atoms with E-state index in [4.69, 9.17) is 15.0 Å². The Morgan fingerprint density at radius 3 is 2.88 bits per heavy atom. The largest absolute Gasteiger partial charge is 0.390 e. The van der Waals surface area contributed by atoms with E-state index in [-0.39, 0.29) is 5.60 Å². The highest BCUT2D eigenvalue weighted by Crippen LogP contribution is 2.43. The molecule has 1 aliphatic rings. The lowest BCUT2D eigenvalue weighted by Crippen LogP contribution is -2.37. The number of ether oxygens (including phenoxy) is 1. The van der Waals surface area contributed by atoms with Gasteiger partial charge >= 0.3 is 0 Å². The summed E-state index contributed by atoms with van der Waals surface area (Å²) in [6.07, 6.45) is 3.03. The van der Waals surface area contributed by atoms with Crippen LogP contribution in [0, 0.1) is 0 Å². The van der Waals surface area contributed by atoms with Crippen molar-refractivity contribution in [3.8, 4) is 11.5 Å². The van der Waals surface area contributed by atoms with Crippen LogP contribution in [0.3, 0.4) is 0 Å². The van der Waals surface area contributed by atoms with Gasteiger partial charge in [-0.2, -0.15) is 4.98 Å². The van der Waals surface area contributed by atoms with Crippen molar-refractivity contribution >= 4 is 16.3 Å². The summed E-state index contributed by atoms with van der Waals surface area (Å²) >= 11 is 1.46. The lowest BCUT2D eigenvalue weighted by Gasteiger charge is -2.37. The molecule has 17 heavy (non-hydrogen) atoms. The van der Waals surface area contributed by atoms with Crippen LogP contribution in [-0.4, -0.2) is 17.3 Å². The predicted octanol–water partition coefficient (Wildman–Crippen LogP) is 2.41. The van der Waals surface area contributed by atoms with Crippen molar-refractivity contribution in [2.24, 2.45) is 0 Å². The molecule has 2 heterocycles. The van der Waals surface area contributed by atoms with E-state index < -0.39 is 0 Å². The molecular formula is C11H13N3O2S. The highest BCUT2D eigenvalue weighted by atomic mass is 32.1. The molecule has 0 unspecified atom stereocenters. The second-order valence-corrected chi connectivity index (χ2v) is 5.12. The molecule has 0 amide bonds. The number of nitrogens with zero attached hydrogens (tertiary/aromatic N) is 2. The zero-order chi connectivity index (χ0) is 11.9. The zero-order valence-electron chi connectivity index (χ0n) is 9.47. The van der Waals surface area contributed by atoms with Crippen LogP contribution in [0.15, 0.2) is 16.0 Å². The van der Waals surface area contributed by atoms with E-state index in [2.05, 4.69) is 10.1 Å². The van der Waals surface area contributed by atoms with Gasteiger partial charge in [0, 0.05) is 7.11 Å². The Bertz CT molecular complexity index is 525. The number of rotatable bonds is 3. The molecule has 2 N–H and O–H groups in total. The van der Waals surface area contributed by atoms with E-state index in [9.17, 15) is 0 Å². The standard InChI is InChI=1S/C11H13N3O2S/c1-15-11(4-2-5-11)10-13-9(16-14-10)7-3-6-17-8(7)12/h3,6H,2,4-5,12H2,1H3. The summed E-state index contributed by atoms with van der Waals surface area (Å²) in [6.45, 7) is 0. The van der Waals surface area contributed by atoms with Gasteiger partial charge in [0.25, 0.3) is 5.89 Å². The van der Waals surface area contributed by atoms with Crippen LogP contribution in [-0.2, 0) is 10.3 Å². The normalized spacial score (nSPS) is 17.9. The molecule has 0 aliphatic heterocycles. The van der Waals surface area contributed by atoms with E-state index in [0.717, 1.165) is 24.8 Å². The van der Waals surface area contributed by atoms with Crippen molar-refractivity contribution < 1.29 is 9.26 Å². The number of anilines is 1. The van der Waals surface area contributed by atoms with Crippen molar-refractivity contribution in [1.82, 2.24) is 10.1 Å². The molecule has 0 atom stereocenters. The van der Waals surface area contributed by atoms with Gasteiger partial charge < -0.3 is 15.0 Å². The van der Waals surface area contributed by atoms with Gasteiger partial charge in [-0.05, 0) is 30.7 Å². The molecule has 2 aromatic heterocycles. The summed E-state index contributed by atoms with van der Waals surface area (Å²) in [4.78, 5) is 4.40. The Hall–Kier alpha value is -1.40. The lowest BCUT2D eigenvalue weighted by molar-refractivity contribution is -0.0858. The van der Waals surface area contributed by atoms with Gasteiger partial charge in [0.05, 0.1) is 10.6 Å². The monoisotopic (exact) mass is 251 g/mol. The number of hydrogen-bond acceptors (Lipinski definition) is 6. The quantitative estimate of drug-likeness (QED) is 0.906. The molecule has 0 aromatic carbocycles. The first kappa shape index (κ1) is 10.7. The average molecular weight is 251 g/mol. The third kappa shape index (κ3) is 1.56. The highest BCUT2D eigenvalue weighted by Gasteiger charge is 2.43. The van der Waals surface area contributed by atoms with E-state index in [1.807, 2.05) is 11.4 Å². The van der Waals surface area contributed by atoms with Crippen LogP contribution in [0.1, 0.15) is 25.1 Å². The summed E-state index contributed by atoms with van der Waals surface area (Å²) in [5.74, 6) is 1.11. The molecule has 1 saturated carbocycles. The Balaban J connectivity index is 1.96. The third-order valence-electron chi connectivity index (χ3n) is 3.31. The smallest absolute Gasteiger partial charge is 0.261 e. The number of thiophene rings is 1. The fraction of sp³-hybridized carbons (Fsp3) is 0.455. The first-order chi connectivity index (χ1) is 8.25. The summed E-state index contributed by atoms with van der Waals surface area (Å²) in [7, 11) is 1.69. The molecule has 6 heteroatoms. The van der Waals surface area contributed by atoms with Gasteiger partial charge in [-0.3, -0.25) is 0 Å². The van der Waals surface area contributed by atoms with Crippen molar-refractivity contribution in [2.75, 3.05) is 12.8 Å². The molecule has 0 radical (unpaired) electrons. The molecule has 1 aliphatic carbocycles. The first-order valence-electron chi connectivity index (χ1n) is 5.48. The number of nitrogens with two attached hydrogens (primary N) is 1. The van der Waals surface area contributed by atoms with Gasteiger partial charge in [0.1, 0.15) is 5.60 Å². The molecule has 0 spiro atoms. The predicted molar refractivity (Wildman–Crippen MR) is 64.6 cm³/mol. The van der Waals surface area contributed by atoms with Crippen molar-refractivity contribution in [3.05, 3.63) is 17.3 Å². The Morgan fingerprint density at radius 1 is 1.53 bits per heavy atom. The van der Waals surface area contributed by atoms with Gasteiger partial charge in [-0.15, -0.1) is 11.3 Å². The van der Waals surface area contributed by atoms with Crippen LogP contribution >= 0.6 is 11.3 Å². The fourth-order valence-corrected chi connectivity index (χ4v) is 2.67. The molecule has 90 valence electrons. The van der Waals surface area contributed by atoms with Crippen molar-refractivity contribution in [1.29, 1.82) is 0 Å². The summed E-state index contributed by atoms with van der Waals surface area (Å²) < 4.78 is 10.8. The summed E-state index contributed by atoms with van der Waals surface area (Å²) in [6, 6.07) is 1.89. The average Bonchev–Trinajstić information content (AvgIpc) is 2.86. The molecule has 0 bridgehead atoms. The van der Waals surface area contributed by atoms with E-state index in [0.29, 0.717) is 16.7 Å². The van der Waals surface area contributed by atoms with Crippen LogP contribution in [0.2, 0.25) is 0 Å². The minimum Gasteiger partial charge on any atom is -0.390 e. The van der Waals surface area contributed by atoms with Crippen molar-refractivity contribution in [2.45, 2.75) is 24.9 Å². The van der Waals surface area contributed by atoms with Crippen LogP contribution in [0.4, 0.5) is 5.00 Å². The lowest BCUT2D eigenvalue weighted by atomic mass is 9.79. The van der Waals surface area contributed by atoms with E-state index >= 15 is 0 Å². The Kier molecular flexibility index (Phi) is 2.41. The maximum Gasteiger partial charge on any atom is 0.261 e. The van der Waals surface area contributed by atoms with Gasteiger partial charge in [-0.1, -0.05) is 5.16 Å². The second-order valence-electron chi connectivity index (χ2n) is 4.17. The highest BCUT2D eigenvalue weighted by molar-refractivity contribution is 7.14. The second kappa shape index (κ2) is 3.82. The van der Waals surface area contributed by atoms with Gasteiger partial charge in [0.2, 0.25) is 5.82 Å². The van der Waals surface area contributed by atoms with E-state index in [1.165, 1.54) is 11.3 Å². The van der Waals surface area contributed by atoms with Gasteiger partial charge in [-0.25, -0.2) is 0 Å². The fourth-order valence-electron chi connectivity index (χ4n) is 2.03. The number of nitrogen functional groups attached to an aromatic ring is 1. The van der Waals surface area contributed by atoms with Crippen LogP contribution in [0.5, 0.6) is 0 Å².